The Bertz CT molecular complexity index is 642. The monoisotopic (exact) mass is 302 g/mol. The topological polar surface area (TPSA) is 24.2 Å². The highest BCUT2D eigenvalue weighted by molar-refractivity contribution is 5.93. The highest BCUT2D eigenvalue weighted by Crippen LogP contribution is 2.26. The molecule has 1 aliphatic rings. The van der Waals surface area contributed by atoms with Gasteiger partial charge in [0, 0.05) is 23.9 Å². The molecule has 0 saturated carbocycles. The second kappa shape index (κ2) is 6.72. The van der Waals surface area contributed by atoms with Crippen molar-refractivity contribution in [3.05, 3.63) is 59.9 Å². The smallest absolute Gasteiger partial charge is 0.292 e. The maximum absolute atomic E-state index is 12.5. The van der Waals surface area contributed by atoms with Gasteiger partial charge in [-0.2, -0.15) is 4.57 Å². The highest BCUT2D eigenvalue weighted by Gasteiger charge is 2.24. The van der Waals surface area contributed by atoms with Crippen LogP contribution < -0.4 is 21.9 Å². The van der Waals surface area contributed by atoms with Crippen LogP contribution in [-0.4, -0.2) is 12.5 Å². The average Bonchev–Trinajstić information content (AvgIpc) is 2.46. The number of rotatable bonds is 2. The SMILES string of the molecule is Cc1ccc[n+](CC(=O)N2CCCc3ccccc32)c1.[Cl-]. The Kier molecular flexibility index (Phi) is 4.97. The van der Waals surface area contributed by atoms with Crippen molar-refractivity contribution in [2.24, 2.45) is 0 Å². The molecule has 2 aromatic rings. The number of pyridine rings is 1. The van der Waals surface area contributed by atoms with E-state index in [1.165, 1.54) is 11.1 Å². The number of aryl methyl sites for hydroxylation is 2. The van der Waals surface area contributed by atoms with Crippen LogP contribution in [0, 0.1) is 6.92 Å². The summed E-state index contributed by atoms with van der Waals surface area (Å²) in [7, 11) is 0. The molecule has 110 valence electrons. The van der Waals surface area contributed by atoms with E-state index in [0.717, 1.165) is 25.1 Å². The lowest BCUT2D eigenvalue weighted by Crippen LogP contribution is -3.00. The number of para-hydroxylation sites is 1. The second-order valence-electron chi connectivity index (χ2n) is 5.33. The summed E-state index contributed by atoms with van der Waals surface area (Å²) < 4.78 is 1.95. The Morgan fingerprint density at radius 3 is 2.86 bits per heavy atom. The minimum atomic E-state index is 0. The predicted octanol–water partition coefficient (Wildman–Crippen LogP) is -0.734. The van der Waals surface area contributed by atoms with E-state index >= 15 is 0 Å². The number of amides is 1. The highest BCUT2D eigenvalue weighted by atomic mass is 35.5. The minimum absolute atomic E-state index is 0. The molecule has 0 fully saturated rings. The number of nitrogens with zero attached hydrogens (tertiary/aromatic N) is 2. The normalized spacial score (nSPS) is 13.3. The van der Waals surface area contributed by atoms with Crippen LogP contribution in [-0.2, 0) is 17.8 Å². The quantitative estimate of drug-likeness (QED) is 0.671. The van der Waals surface area contributed by atoms with Crippen molar-refractivity contribution in [1.29, 1.82) is 0 Å². The first-order chi connectivity index (χ1) is 9.74. The zero-order chi connectivity index (χ0) is 13.9. The fourth-order valence-corrected chi connectivity index (χ4v) is 2.79. The molecule has 3 rings (SSSR count). The number of carbonyl (C=O) groups excluding carboxylic acids is 1. The van der Waals surface area contributed by atoms with Crippen LogP contribution in [0.3, 0.4) is 0 Å². The number of anilines is 1. The van der Waals surface area contributed by atoms with Crippen LogP contribution in [0.25, 0.3) is 0 Å². The molecule has 0 bridgehead atoms. The molecule has 0 unspecified atom stereocenters. The van der Waals surface area contributed by atoms with Gasteiger partial charge in [-0.1, -0.05) is 18.2 Å². The Balaban J connectivity index is 0.00000161. The van der Waals surface area contributed by atoms with Crippen molar-refractivity contribution in [1.82, 2.24) is 0 Å². The number of carbonyl (C=O) groups is 1. The van der Waals surface area contributed by atoms with Crippen molar-refractivity contribution in [3.63, 3.8) is 0 Å². The van der Waals surface area contributed by atoms with Crippen LogP contribution in [0.4, 0.5) is 5.69 Å². The largest absolute Gasteiger partial charge is 1.00 e. The third-order valence-corrected chi connectivity index (χ3v) is 3.74. The molecule has 1 aromatic carbocycles. The Labute approximate surface area is 131 Å². The van der Waals surface area contributed by atoms with Crippen molar-refractivity contribution < 1.29 is 21.8 Å². The van der Waals surface area contributed by atoms with Crippen LogP contribution >= 0.6 is 0 Å². The molecular weight excluding hydrogens is 284 g/mol. The van der Waals surface area contributed by atoms with Gasteiger partial charge in [0.1, 0.15) is 0 Å². The van der Waals surface area contributed by atoms with Crippen molar-refractivity contribution >= 4 is 11.6 Å². The van der Waals surface area contributed by atoms with Crippen molar-refractivity contribution in [3.8, 4) is 0 Å². The molecule has 0 spiro atoms. The van der Waals surface area contributed by atoms with E-state index in [2.05, 4.69) is 6.07 Å². The number of benzene rings is 1. The van der Waals surface area contributed by atoms with Crippen LogP contribution in [0.1, 0.15) is 17.5 Å². The van der Waals surface area contributed by atoms with E-state index in [9.17, 15) is 4.79 Å². The number of aromatic nitrogens is 1. The van der Waals surface area contributed by atoms with Crippen LogP contribution in [0.5, 0.6) is 0 Å². The molecule has 0 aliphatic carbocycles. The summed E-state index contributed by atoms with van der Waals surface area (Å²) in [5.74, 6) is 0.160. The van der Waals surface area contributed by atoms with Gasteiger partial charge in [-0.3, -0.25) is 4.79 Å². The van der Waals surface area contributed by atoms with Gasteiger partial charge in [0.2, 0.25) is 6.54 Å². The zero-order valence-electron chi connectivity index (χ0n) is 12.1. The van der Waals surface area contributed by atoms with Gasteiger partial charge in [-0.05, 0) is 37.5 Å². The Hall–Kier alpha value is -1.87. The molecule has 4 heteroatoms. The summed E-state index contributed by atoms with van der Waals surface area (Å²) in [5.41, 5.74) is 3.53. The molecular formula is C17H19ClN2O. The average molecular weight is 303 g/mol. The summed E-state index contributed by atoms with van der Waals surface area (Å²) >= 11 is 0. The first kappa shape index (κ1) is 15.5. The van der Waals surface area contributed by atoms with Gasteiger partial charge in [0.15, 0.2) is 12.4 Å². The van der Waals surface area contributed by atoms with E-state index in [4.69, 9.17) is 0 Å². The standard InChI is InChI=1S/C17H19N2O.ClH/c1-14-6-4-10-18(12-14)13-17(20)19-11-5-8-15-7-2-3-9-16(15)19;/h2-4,6-7,9-10,12H,5,8,11,13H2,1H3;1H/q+1;/p-1. The Morgan fingerprint density at radius 1 is 1.24 bits per heavy atom. The lowest BCUT2D eigenvalue weighted by atomic mass is 10.0. The molecule has 1 aromatic heterocycles. The third kappa shape index (κ3) is 3.42. The molecule has 1 aliphatic heterocycles. The maximum Gasteiger partial charge on any atom is 0.292 e. The summed E-state index contributed by atoms with van der Waals surface area (Å²) in [6.45, 7) is 3.26. The van der Waals surface area contributed by atoms with E-state index in [0.29, 0.717) is 6.54 Å². The predicted molar refractivity (Wildman–Crippen MR) is 78.5 cm³/mol. The minimum Gasteiger partial charge on any atom is -1.00 e. The second-order valence-corrected chi connectivity index (χ2v) is 5.33. The Morgan fingerprint density at radius 2 is 2.05 bits per heavy atom. The number of hydrogen-bond acceptors (Lipinski definition) is 1. The van der Waals surface area contributed by atoms with Crippen LogP contribution in [0.2, 0.25) is 0 Å². The maximum atomic E-state index is 12.5. The van der Waals surface area contributed by atoms with E-state index in [-0.39, 0.29) is 18.3 Å². The molecule has 3 nitrogen and oxygen atoms in total. The van der Waals surface area contributed by atoms with E-state index in [1.807, 2.05) is 59.1 Å². The number of hydrogen-bond donors (Lipinski definition) is 0. The fraction of sp³-hybridized carbons (Fsp3) is 0.294. The summed E-state index contributed by atoms with van der Waals surface area (Å²) in [6.07, 6.45) is 6.06. The number of fused-ring (bicyclic) bond motifs is 1. The van der Waals surface area contributed by atoms with E-state index in [1.54, 1.807) is 0 Å². The third-order valence-electron chi connectivity index (χ3n) is 3.74. The lowest BCUT2D eigenvalue weighted by Gasteiger charge is -2.28. The van der Waals surface area contributed by atoms with E-state index < -0.39 is 0 Å². The summed E-state index contributed by atoms with van der Waals surface area (Å²) in [5, 5.41) is 0. The summed E-state index contributed by atoms with van der Waals surface area (Å²) in [4.78, 5) is 14.5. The van der Waals surface area contributed by atoms with Gasteiger partial charge < -0.3 is 17.3 Å². The van der Waals surface area contributed by atoms with Gasteiger partial charge in [0.25, 0.3) is 5.91 Å². The van der Waals surface area contributed by atoms with Gasteiger partial charge in [-0.25, -0.2) is 0 Å². The first-order valence-electron chi connectivity index (χ1n) is 7.08. The molecule has 21 heavy (non-hydrogen) atoms. The molecule has 2 heterocycles. The lowest BCUT2D eigenvalue weighted by molar-refractivity contribution is -0.684. The molecule has 0 radical (unpaired) electrons. The zero-order valence-corrected chi connectivity index (χ0v) is 12.9. The molecule has 0 saturated heterocycles. The summed E-state index contributed by atoms with van der Waals surface area (Å²) in [6, 6.07) is 12.2. The molecule has 1 amide bonds. The van der Waals surface area contributed by atoms with Gasteiger partial charge >= 0.3 is 0 Å². The molecule has 0 atom stereocenters. The van der Waals surface area contributed by atoms with Crippen molar-refractivity contribution in [2.45, 2.75) is 26.3 Å². The van der Waals surface area contributed by atoms with Gasteiger partial charge in [-0.15, -0.1) is 0 Å². The van der Waals surface area contributed by atoms with Crippen LogP contribution in [0.15, 0.2) is 48.8 Å². The van der Waals surface area contributed by atoms with Gasteiger partial charge in [0.05, 0.1) is 0 Å². The van der Waals surface area contributed by atoms with Crippen molar-refractivity contribution in [2.75, 3.05) is 11.4 Å². The fourth-order valence-electron chi connectivity index (χ4n) is 2.79. The first-order valence-corrected chi connectivity index (χ1v) is 7.08. The number of halogens is 1. The molecule has 0 N–H and O–H groups in total.